The number of anilines is 1. The van der Waals surface area contributed by atoms with Gasteiger partial charge in [0.05, 0.1) is 17.9 Å². The van der Waals surface area contributed by atoms with Crippen LogP contribution in [-0.4, -0.2) is 9.78 Å². The van der Waals surface area contributed by atoms with Crippen LogP contribution in [0, 0.1) is 0 Å². The third-order valence-electron chi connectivity index (χ3n) is 2.74. The molecular formula is C14H12BrN3O. The Bertz CT molecular complexity index is 661. The molecule has 0 amide bonds. The zero-order valence-electron chi connectivity index (χ0n) is 10.1. The van der Waals surface area contributed by atoms with E-state index in [1.165, 1.54) is 0 Å². The molecule has 0 saturated heterocycles. The van der Waals surface area contributed by atoms with Crippen molar-refractivity contribution in [2.75, 3.05) is 5.32 Å². The van der Waals surface area contributed by atoms with E-state index in [0.29, 0.717) is 6.54 Å². The van der Waals surface area contributed by atoms with Gasteiger partial charge in [-0.05, 0) is 46.3 Å². The molecule has 1 N–H and O–H groups in total. The summed E-state index contributed by atoms with van der Waals surface area (Å²) in [6.45, 7) is 0.629. The van der Waals surface area contributed by atoms with E-state index in [9.17, 15) is 0 Å². The van der Waals surface area contributed by atoms with Crippen molar-refractivity contribution in [2.45, 2.75) is 6.54 Å². The van der Waals surface area contributed by atoms with E-state index in [-0.39, 0.29) is 0 Å². The van der Waals surface area contributed by atoms with Crippen LogP contribution in [0.5, 0.6) is 0 Å². The lowest BCUT2D eigenvalue weighted by atomic mass is 10.2. The average molecular weight is 318 g/mol. The highest BCUT2D eigenvalue weighted by Crippen LogP contribution is 2.21. The summed E-state index contributed by atoms with van der Waals surface area (Å²) in [6, 6.07) is 13.8. The minimum Gasteiger partial charge on any atom is -0.452 e. The van der Waals surface area contributed by atoms with Crippen LogP contribution in [0.1, 0.15) is 5.76 Å². The van der Waals surface area contributed by atoms with Crippen molar-refractivity contribution in [3.8, 4) is 5.69 Å². The molecule has 0 unspecified atom stereocenters. The number of nitrogens with one attached hydrogen (secondary N) is 1. The van der Waals surface area contributed by atoms with Gasteiger partial charge in [0.25, 0.3) is 0 Å². The number of furan rings is 1. The molecule has 0 aliphatic rings. The van der Waals surface area contributed by atoms with Gasteiger partial charge < -0.3 is 9.73 Å². The maximum atomic E-state index is 5.47. The molecule has 2 heterocycles. The molecule has 0 bridgehead atoms. The molecule has 1 aromatic carbocycles. The lowest BCUT2D eigenvalue weighted by molar-refractivity contribution is 0.495. The molecule has 5 heteroatoms. The summed E-state index contributed by atoms with van der Waals surface area (Å²) in [5.41, 5.74) is 2.02. The lowest BCUT2D eigenvalue weighted by Gasteiger charge is -2.10. The van der Waals surface area contributed by atoms with Crippen molar-refractivity contribution in [2.24, 2.45) is 0 Å². The summed E-state index contributed by atoms with van der Waals surface area (Å²) >= 11 is 3.30. The molecule has 0 aliphatic carbocycles. The Labute approximate surface area is 119 Å². The van der Waals surface area contributed by atoms with E-state index in [1.54, 1.807) is 6.20 Å². The van der Waals surface area contributed by atoms with Crippen molar-refractivity contribution < 1.29 is 4.42 Å². The van der Waals surface area contributed by atoms with Crippen LogP contribution in [0.25, 0.3) is 5.69 Å². The van der Waals surface area contributed by atoms with Gasteiger partial charge in [-0.1, -0.05) is 12.1 Å². The predicted octanol–water partition coefficient (Wildman–Crippen LogP) is 3.84. The first-order chi connectivity index (χ1) is 9.33. The van der Waals surface area contributed by atoms with Crippen molar-refractivity contribution in [1.29, 1.82) is 0 Å². The van der Waals surface area contributed by atoms with E-state index in [0.717, 1.165) is 21.8 Å². The number of aromatic nitrogens is 2. The molecule has 0 aliphatic heterocycles. The van der Waals surface area contributed by atoms with Crippen LogP contribution in [0.15, 0.2) is 63.9 Å². The zero-order chi connectivity index (χ0) is 13.1. The van der Waals surface area contributed by atoms with Crippen LogP contribution in [0.4, 0.5) is 5.69 Å². The Morgan fingerprint density at radius 3 is 2.79 bits per heavy atom. The number of hydrogen-bond donors (Lipinski definition) is 1. The highest BCUT2D eigenvalue weighted by Gasteiger charge is 2.05. The standard InChI is InChI=1S/C14H12BrN3O/c15-14-7-6-11(19-14)10-16-12-4-1-2-5-13(12)18-9-3-8-17-18/h1-9,16H,10H2. The fraction of sp³-hybridized carbons (Fsp3) is 0.0714. The first-order valence-corrected chi connectivity index (χ1v) is 6.69. The van der Waals surface area contributed by atoms with Gasteiger partial charge in [-0.2, -0.15) is 5.10 Å². The smallest absolute Gasteiger partial charge is 0.169 e. The summed E-state index contributed by atoms with van der Waals surface area (Å²) in [7, 11) is 0. The summed E-state index contributed by atoms with van der Waals surface area (Å²) < 4.78 is 8.04. The number of hydrogen-bond acceptors (Lipinski definition) is 3. The second-order valence-corrected chi connectivity index (χ2v) is 4.81. The van der Waals surface area contributed by atoms with Crippen LogP contribution in [-0.2, 0) is 6.54 Å². The number of halogens is 1. The number of benzene rings is 1. The van der Waals surface area contributed by atoms with Crippen LogP contribution in [0.3, 0.4) is 0 Å². The molecule has 0 fully saturated rings. The van der Waals surface area contributed by atoms with Crippen molar-refractivity contribution in [3.63, 3.8) is 0 Å². The van der Waals surface area contributed by atoms with E-state index in [4.69, 9.17) is 4.42 Å². The average Bonchev–Trinajstić information content (AvgIpc) is 3.08. The SMILES string of the molecule is Brc1ccc(CNc2ccccc2-n2cccn2)o1. The molecule has 96 valence electrons. The largest absolute Gasteiger partial charge is 0.452 e. The topological polar surface area (TPSA) is 43.0 Å². The normalized spacial score (nSPS) is 10.6. The minimum atomic E-state index is 0.629. The van der Waals surface area contributed by atoms with Crippen LogP contribution < -0.4 is 5.32 Å². The molecule has 0 saturated carbocycles. The van der Waals surface area contributed by atoms with Gasteiger partial charge >= 0.3 is 0 Å². The monoisotopic (exact) mass is 317 g/mol. The van der Waals surface area contributed by atoms with Gasteiger partial charge in [-0.25, -0.2) is 4.68 Å². The van der Waals surface area contributed by atoms with Gasteiger partial charge in [0.2, 0.25) is 0 Å². The molecule has 0 spiro atoms. The van der Waals surface area contributed by atoms with Crippen molar-refractivity contribution in [1.82, 2.24) is 9.78 Å². The highest BCUT2D eigenvalue weighted by molar-refractivity contribution is 9.10. The Morgan fingerprint density at radius 1 is 1.16 bits per heavy atom. The van der Waals surface area contributed by atoms with Gasteiger partial charge in [0.1, 0.15) is 5.76 Å². The van der Waals surface area contributed by atoms with Crippen molar-refractivity contribution in [3.05, 3.63) is 65.3 Å². The number of rotatable bonds is 4. The fourth-order valence-corrected chi connectivity index (χ4v) is 2.20. The van der Waals surface area contributed by atoms with Crippen LogP contribution >= 0.6 is 15.9 Å². The Balaban J connectivity index is 1.81. The predicted molar refractivity (Wildman–Crippen MR) is 77.3 cm³/mol. The molecule has 0 atom stereocenters. The Kier molecular flexibility index (Phi) is 3.37. The van der Waals surface area contributed by atoms with Gasteiger partial charge in [-0.3, -0.25) is 0 Å². The van der Waals surface area contributed by atoms with E-state index < -0.39 is 0 Å². The van der Waals surface area contributed by atoms with Gasteiger partial charge in [0.15, 0.2) is 4.67 Å². The lowest BCUT2D eigenvalue weighted by Crippen LogP contribution is -2.04. The Morgan fingerprint density at radius 2 is 2.05 bits per heavy atom. The number of para-hydroxylation sites is 2. The maximum absolute atomic E-state index is 5.47. The molecule has 3 aromatic rings. The fourth-order valence-electron chi connectivity index (χ4n) is 1.86. The first-order valence-electron chi connectivity index (χ1n) is 5.90. The van der Waals surface area contributed by atoms with Crippen molar-refractivity contribution >= 4 is 21.6 Å². The highest BCUT2D eigenvalue weighted by atomic mass is 79.9. The van der Waals surface area contributed by atoms with Crippen LogP contribution in [0.2, 0.25) is 0 Å². The van der Waals surface area contributed by atoms with E-state index in [1.807, 2.05) is 53.3 Å². The summed E-state index contributed by atoms with van der Waals surface area (Å²) in [4.78, 5) is 0. The van der Waals surface area contributed by atoms with E-state index >= 15 is 0 Å². The summed E-state index contributed by atoms with van der Waals surface area (Å²) in [5.74, 6) is 0.877. The molecular weight excluding hydrogens is 306 g/mol. The number of nitrogens with zero attached hydrogens (tertiary/aromatic N) is 2. The third kappa shape index (κ3) is 2.71. The second kappa shape index (κ2) is 5.32. The maximum Gasteiger partial charge on any atom is 0.169 e. The molecule has 0 radical (unpaired) electrons. The quantitative estimate of drug-likeness (QED) is 0.795. The van der Waals surface area contributed by atoms with E-state index in [2.05, 4.69) is 26.3 Å². The van der Waals surface area contributed by atoms with Gasteiger partial charge in [0, 0.05) is 12.4 Å². The molecule has 19 heavy (non-hydrogen) atoms. The third-order valence-corrected chi connectivity index (χ3v) is 3.16. The zero-order valence-corrected chi connectivity index (χ0v) is 11.7. The molecule has 2 aromatic heterocycles. The summed E-state index contributed by atoms with van der Waals surface area (Å²) in [6.07, 6.45) is 3.68. The van der Waals surface area contributed by atoms with Gasteiger partial charge in [-0.15, -0.1) is 0 Å². The Hall–Kier alpha value is -2.01. The molecule has 4 nitrogen and oxygen atoms in total. The summed E-state index contributed by atoms with van der Waals surface area (Å²) in [5, 5.41) is 7.61. The second-order valence-electron chi connectivity index (χ2n) is 4.03. The first kappa shape index (κ1) is 12.0. The molecule has 3 rings (SSSR count). The minimum absolute atomic E-state index is 0.629.